The fourth-order valence-corrected chi connectivity index (χ4v) is 3.35. The van der Waals surface area contributed by atoms with E-state index in [2.05, 4.69) is 15.3 Å². The first-order chi connectivity index (χ1) is 10.7. The largest absolute Gasteiger partial charge is 0.335 e. The molecule has 0 saturated carbocycles. The number of fused-ring (bicyclic) bond motifs is 1. The summed E-state index contributed by atoms with van der Waals surface area (Å²) in [6.07, 6.45) is 6.71. The van der Waals surface area contributed by atoms with Crippen LogP contribution in [0.15, 0.2) is 36.7 Å². The van der Waals surface area contributed by atoms with Gasteiger partial charge in [-0.25, -0.2) is 9.07 Å². The first-order valence-electron chi connectivity index (χ1n) is 7.59. The molecular weight excluding hydrogens is 283 g/mol. The molecule has 0 aliphatic carbocycles. The molecule has 1 aromatic heterocycles. The van der Waals surface area contributed by atoms with Crippen molar-refractivity contribution >= 4 is 5.91 Å². The molecule has 0 unspecified atom stereocenters. The second-order valence-electron chi connectivity index (χ2n) is 5.86. The van der Waals surface area contributed by atoms with Gasteiger partial charge in [0.15, 0.2) is 0 Å². The Bertz CT molecular complexity index is 696. The Hall–Kier alpha value is -2.21. The summed E-state index contributed by atoms with van der Waals surface area (Å²) in [5.74, 6) is -0.158. The van der Waals surface area contributed by atoms with Crippen molar-refractivity contribution in [3.05, 3.63) is 48.0 Å². The van der Waals surface area contributed by atoms with E-state index >= 15 is 0 Å². The average Bonchev–Trinajstić information content (AvgIpc) is 3.14. The summed E-state index contributed by atoms with van der Waals surface area (Å²) in [6.45, 7) is 0.926. The lowest BCUT2D eigenvalue weighted by atomic mass is 10.0. The van der Waals surface area contributed by atoms with E-state index < -0.39 is 0 Å². The van der Waals surface area contributed by atoms with Crippen molar-refractivity contribution in [3.8, 4) is 5.69 Å². The Morgan fingerprint density at radius 1 is 1.23 bits per heavy atom. The van der Waals surface area contributed by atoms with Crippen LogP contribution in [0.4, 0.5) is 4.39 Å². The van der Waals surface area contributed by atoms with Crippen molar-refractivity contribution in [1.29, 1.82) is 0 Å². The van der Waals surface area contributed by atoms with Crippen LogP contribution in [-0.2, 0) is 4.79 Å². The lowest BCUT2D eigenvalue weighted by Gasteiger charge is -2.30. The number of benzene rings is 1. The highest BCUT2D eigenvalue weighted by atomic mass is 19.1. The Kier molecular flexibility index (Phi) is 3.18. The molecule has 22 heavy (non-hydrogen) atoms. The van der Waals surface area contributed by atoms with Crippen LogP contribution < -0.4 is 5.32 Å². The smallest absolute Gasteiger partial charge is 0.238 e. The maximum absolute atomic E-state index is 13.0. The molecule has 1 N–H and O–H groups in total. The summed E-state index contributed by atoms with van der Waals surface area (Å²) in [5, 5.41) is 7.40. The van der Waals surface area contributed by atoms with Gasteiger partial charge in [0.25, 0.3) is 0 Å². The zero-order chi connectivity index (χ0) is 15.1. The summed E-state index contributed by atoms with van der Waals surface area (Å²) >= 11 is 0. The van der Waals surface area contributed by atoms with Gasteiger partial charge in [-0.1, -0.05) is 6.42 Å². The van der Waals surface area contributed by atoms with Crippen molar-refractivity contribution in [1.82, 2.24) is 20.0 Å². The fraction of sp³-hybridized carbons (Fsp3) is 0.375. The lowest BCUT2D eigenvalue weighted by molar-refractivity contribution is -0.122. The molecule has 2 aliphatic heterocycles. The van der Waals surface area contributed by atoms with Crippen LogP contribution in [0, 0.1) is 5.82 Å². The number of nitrogens with zero attached hydrogens (tertiary/aromatic N) is 3. The number of nitrogens with one attached hydrogen (secondary N) is 1. The molecule has 0 radical (unpaired) electrons. The van der Waals surface area contributed by atoms with Gasteiger partial charge in [0.1, 0.15) is 12.0 Å². The Morgan fingerprint density at radius 2 is 2.05 bits per heavy atom. The number of piperidine rings is 1. The Labute approximate surface area is 127 Å². The highest BCUT2D eigenvalue weighted by molar-refractivity contribution is 5.84. The number of hydrogen-bond donors (Lipinski definition) is 1. The highest BCUT2D eigenvalue weighted by Gasteiger charge is 2.41. The molecule has 3 heterocycles. The van der Waals surface area contributed by atoms with Gasteiger partial charge in [0.05, 0.1) is 17.9 Å². The third-order valence-corrected chi connectivity index (χ3v) is 4.47. The van der Waals surface area contributed by atoms with Crippen molar-refractivity contribution in [2.75, 3.05) is 6.54 Å². The third-order valence-electron chi connectivity index (χ3n) is 4.47. The van der Waals surface area contributed by atoms with Gasteiger partial charge in [0.2, 0.25) is 5.91 Å². The molecule has 2 saturated heterocycles. The normalized spacial score (nSPS) is 25.0. The number of amides is 1. The van der Waals surface area contributed by atoms with E-state index in [0.717, 1.165) is 37.1 Å². The minimum atomic E-state index is -0.268. The van der Waals surface area contributed by atoms with Crippen LogP contribution in [0.1, 0.15) is 31.0 Å². The van der Waals surface area contributed by atoms with Crippen molar-refractivity contribution in [2.45, 2.75) is 31.5 Å². The predicted octanol–water partition coefficient (Wildman–Crippen LogP) is 1.99. The third kappa shape index (κ3) is 2.20. The van der Waals surface area contributed by atoms with Crippen molar-refractivity contribution in [2.24, 2.45) is 0 Å². The maximum atomic E-state index is 13.0. The first kappa shape index (κ1) is 13.5. The second-order valence-corrected chi connectivity index (χ2v) is 5.86. The summed E-state index contributed by atoms with van der Waals surface area (Å²) in [4.78, 5) is 14.3. The molecule has 5 nitrogen and oxygen atoms in total. The van der Waals surface area contributed by atoms with Crippen LogP contribution in [0.3, 0.4) is 0 Å². The first-order valence-corrected chi connectivity index (χ1v) is 7.59. The number of aromatic nitrogens is 2. The van der Waals surface area contributed by atoms with Gasteiger partial charge in [0, 0.05) is 18.3 Å². The zero-order valence-corrected chi connectivity index (χ0v) is 12.1. The summed E-state index contributed by atoms with van der Waals surface area (Å²) in [7, 11) is 0. The van der Waals surface area contributed by atoms with E-state index in [9.17, 15) is 9.18 Å². The molecule has 0 spiro atoms. The van der Waals surface area contributed by atoms with E-state index in [-0.39, 0.29) is 23.9 Å². The molecule has 6 heteroatoms. The van der Waals surface area contributed by atoms with E-state index in [1.54, 1.807) is 23.0 Å². The highest BCUT2D eigenvalue weighted by Crippen LogP contribution is 2.32. The molecule has 2 aromatic rings. The SMILES string of the molecule is O=C1N[C@H](c2cnn(-c3ccc(F)cc3)c2)N2CCCC[C@@H]12. The summed E-state index contributed by atoms with van der Waals surface area (Å²) < 4.78 is 14.7. The van der Waals surface area contributed by atoms with Gasteiger partial charge in [-0.2, -0.15) is 5.10 Å². The predicted molar refractivity (Wildman–Crippen MR) is 78.8 cm³/mol. The average molecular weight is 300 g/mol. The fourth-order valence-electron chi connectivity index (χ4n) is 3.35. The molecule has 0 bridgehead atoms. The molecule has 2 atom stereocenters. The Morgan fingerprint density at radius 3 is 2.86 bits per heavy atom. The second kappa shape index (κ2) is 5.21. The standard InChI is InChI=1S/C16H17FN4O/c17-12-4-6-13(7-5-12)21-10-11(9-18-21)15-19-16(22)14-3-1-2-8-20(14)15/h4-7,9-10,14-15H,1-3,8H2,(H,19,22)/t14-,15-/m0/s1. The summed E-state index contributed by atoms with van der Waals surface area (Å²) in [5.41, 5.74) is 1.76. The van der Waals surface area contributed by atoms with Crippen LogP contribution >= 0.6 is 0 Å². The molecule has 114 valence electrons. The van der Waals surface area contributed by atoms with E-state index in [4.69, 9.17) is 0 Å². The molecule has 4 rings (SSSR count). The maximum Gasteiger partial charge on any atom is 0.238 e. The topological polar surface area (TPSA) is 50.2 Å². The number of carbonyl (C=O) groups is 1. The lowest BCUT2D eigenvalue weighted by Crippen LogP contribution is -2.38. The molecule has 1 aromatic carbocycles. The summed E-state index contributed by atoms with van der Waals surface area (Å²) in [6, 6.07) is 6.18. The molecule has 1 amide bonds. The van der Waals surface area contributed by atoms with E-state index in [1.807, 2.05) is 6.20 Å². The molecular formula is C16H17FN4O. The zero-order valence-electron chi connectivity index (χ0n) is 12.1. The minimum absolute atomic E-state index is 0.00655. The minimum Gasteiger partial charge on any atom is -0.335 e. The van der Waals surface area contributed by atoms with Gasteiger partial charge in [-0.05, 0) is 37.1 Å². The number of carbonyl (C=O) groups excluding carboxylic acids is 1. The van der Waals surface area contributed by atoms with Crippen LogP contribution in [0.25, 0.3) is 5.69 Å². The number of hydrogen-bond acceptors (Lipinski definition) is 3. The number of halogens is 1. The van der Waals surface area contributed by atoms with Crippen molar-refractivity contribution in [3.63, 3.8) is 0 Å². The monoisotopic (exact) mass is 300 g/mol. The van der Waals surface area contributed by atoms with E-state index in [0.29, 0.717) is 0 Å². The Balaban J connectivity index is 1.61. The molecule has 2 aliphatic rings. The number of rotatable bonds is 2. The van der Waals surface area contributed by atoms with Crippen LogP contribution in [-0.4, -0.2) is 33.2 Å². The van der Waals surface area contributed by atoms with Crippen LogP contribution in [0.5, 0.6) is 0 Å². The van der Waals surface area contributed by atoms with Gasteiger partial charge in [-0.15, -0.1) is 0 Å². The van der Waals surface area contributed by atoms with Crippen LogP contribution in [0.2, 0.25) is 0 Å². The van der Waals surface area contributed by atoms with E-state index in [1.165, 1.54) is 12.1 Å². The van der Waals surface area contributed by atoms with Crippen molar-refractivity contribution < 1.29 is 9.18 Å². The van der Waals surface area contributed by atoms with Gasteiger partial charge >= 0.3 is 0 Å². The molecule has 2 fully saturated rings. The van der Waals surface area contributed by atoms with Gasteiger partial charge in [-0.3, -0.25) is 9.69 Å². The quantitative estimate of drug-likeness (QED) is 0.923. The van der Waals surface area contributed by atoms with Gasteiger partial charge < -0.3 is 5.32 Å².